The molecule has 3 aromatic rings. The van der Waals surface area contributed by atoms with Crippen LogP contribution in [0.15, 0.2) is 47.3 Å². The highest BCUT2D eigenvalue weighted by Gasteiger charge is 2.16. The maximum atomic E-state index is 12.7. The maximum absolute atomic E-state index is 12.7. The fourth-order valence-electron chi connectivity index (χ4n) is 3.14. The second-order valence-electron chi connectivity index (χ2n) is 7.34. The van der Waals surface area contributed by atoms with Crippen LogP contribution in [0.3, 0.4) is 0 Å². The Bertz CT molecular complexity index is 1030. The second-order valence-corrected chi connectivity index (χ2v) is 8.33. The Balaban J connectivity index is 1.62. The normalized spacial score (nSPS) is 11.2. The van der Waals surface area contributed by atoms with Gasteiger partial charge < -0.3 is 25.0 Å². The van der Waals surface area contributed by atoms with Crippen molar-refractivity contribution in [1.29, 1.82) is 0 Å². The molecule has 0 bridgehead atoms. The van der Waals surface area contributed by atoms with E-state index in [2.05, 4.69) is 24.1 Å². The van der Waals surface area contributed by atoms with Gasteiger partial charge >= 0.3 is 11.0 Å². The van der Waals surface area contributed by atoms with Gasteiger partial charge in [-0.05, 0) is 17.2 Å². The molecule has 8 heteroatoms. The molecule has 0 saturated carbocycles. The predicted octanol–water partition coefficient (Wildman–Crippen LogP) is 3.47. The van der Waals surface area contributed by atoms with Crippen molar-refractivity contribution in [2.75, 3.05) is 19.7 Å². The Morgan fingerprint density at radius 2 is 2.00 bits per heavy atom. The largest absolute Gasteiger partial charge is 0.506 e. The first-order chi connectivity index (χ1) is 14.4. The Kier molecular flexibility index (Phi) is 7.48. The number of amides is 1. The molecule has 0 aliphatic carbocycles. The molecule has 0 unspecified atom stereocenters. The van der Waals surface area contributed by atoms with Gasteiger partial charge in [-0.25, -0.2) is 4.79 Å². The van der Waals surface area contributed by atoms with E-state index >= 15 is 0 Å². The monoisotopic (exact) mass is 429 g/mol. The zero-order valence-corrected chi connectivity index (χ0v) is 18.0. The van der Waals surface area contributed by atoms with Gasteiger partial charge in [0, 0.05) is 32.1 Å². The van der Waals surface area contributed by atoms with Crippen LogP contribution in [0, 0.1) is 0 Å². The number of ether oxygens (including phenoxy) is 1. The van der Waals surface area contributed by atoms with Crippen LogP contribution in [-0.2, 0) is 17.7 Å². The quantitative estimate of drug-likeness (QED) is 0.484. The number of aromatic nitrogens is 1. The van der Waals surface area contributed by atoms with Gasteiger partial charge in [-0.3, -0.25) is 4.79 Å². The Hall–Kier alpha value is -2.84. The van der Waals surface area contributed by atoms with Crippen molar-refractivity contribution in [2.45, 2.75) is 32.9 Å². The lowest BCUT2D eigenvalue weighted by atomic mass is 10.1. The highest BCUT2D eigenvalue weighted by Crippen LogP contribution is 2.28. The summed E-state index contributed by atoms with van der Waals surface area (Å²) in [6, 6.07) is 13.4. The maximum Gasteiger partial charge on any atom is 0.410 e. The molecular formula is C22H27N3O4S. The number of thiazole rings is 1. The highest BCUT2D eigenvalue weighted by atomic mass is 32.1. The van der Waals surface area contributed by atoms with Gasteiger partial charge in [-0.2, -0.15) is 0 Å². The Morgan fingerprint density at radius 3 is 2.73 bits per heavy atom. The van der Waals surface area contributed by atoms with E-state index in [9.17, 15) is 14.7 Å². The topological polar surface area (TPSA) is 94.7 Å². The van der Waals surface area contributed by atoms with Crippen molar-refractivity contribution in [3.63, 3.8) is 0 Å². The van der Waals surface area contributed by atoms with Gasteiger partial charge in [0.25, 0.3) is 0 Å². The van der Waals surface area contributed by atoms with Crippen LogP contribution >= 0.6 is 11.3 Å². The summed E-state index contributed by atoms with van der Waals surface area (Å²) in [6.07, 6.45) is 0.0846. The number of carbonyl (C=O) groups is 1. The van der Waals surface area contributed by atoms with Crippen LogP contribution in [-0.4, -0.2) is 46.8 Å². The van der Waals surface area contributed by atoms with Crippen LogP contribution in [0.2, 0.25) is 0 Å². The average molecular weight is 430 g/mol. The molecule has 7 nitrogen and oxygen atoms in total. The van der Waals surface area contributed by atoms with Crippen LogP contribution in [0.4, 0.5) is 4.79 Å². The first-order valence-corrected chi connectivity index (χ1v) is 10.8. The van der Waals surface area contributed by atoms with E-state index in [0.717, 1.165) is 22.5 Å². The fourth-order valence-corrected chi connectivity index (χ4v) is 4.03. The standard InChI is InChI=1S/C22H27N3O4S/c1-15(2)23-11-12-25(14-16-6-4-3-5-7-16)22(28)29-13-10-17-8-9-18(26)19-20(17)30-21(27)24-19/h3-9,15,23,26H,10-14H2,1-2H3,(H,24,27). The van der Waals surface area contributed by atoms with E-state index < -0.39 is 0 Å². The molecule has 0 atom stereocenters. The van der Waals surface area contributed by atoms with E-state index in [-0.39, 0.29) is 23.3 Å². The fraction of sp³-hybridized carbons (Fsp3) is 0.364. The number of aromatic hydroxyl groups is 1. The third-order valence-electron chi connectivity index (χ3n) is 4.64. The molecule has 3 rings (SSSR count). The zero-order valence-electron chi connectivity index (χ0n) is 17.2. The summed E-state index contributed by atoms with van der Waals surface area (Å²) in [5, 5.41) is 13.2. The molecule has 1 aromatic heterocycles. The van der Waals surface area contributed by atoms with Crippen LogP contribution in [0.5, 0.6) is 5.75 Å². The number of carbonyl (C=O) groups excluding carboxylic acids is 1. The molecule has 0 aliphatic heterocycles. The number of nitrogens with zero attached hydrogens (tertiary/aromatic N) is 1. The first-order valence-electron chi connectivity index (χ1n) is 9.96. The summed E-state index contributed by atoms with van der Waals surface area (Å²) in [4.78, 5) is 28.5. The van der Waals surface area contributed by atoms with E-state index in [4.69, 9.17) is 4.74 Å². The summed E-state index contributed by atoms with van der Waals surface area (Å²) in [6.45, 7) is 6.00. The lowest BCUT2D eigenvalue weighted by Gasteiger charge is -2.23. The van der Waals surface area contributed by atoms with Crippen molar-refractivity contribution in [3.05, 3.63) is 63.3 Å². The number of fused-ring (bicyclic) bond motifs is 1. The Labute approximate surface area is 179 Å². The average Bonchev–Trinajstić information content (AvgIpc) is 3.12. The van der Waals surface area contributed by atoms with E-state index in [1.165, 1.54) is 0 Å². The molecule has 0 fully saturated rings. The van der Waals surface area contributed by atoms with Gasteiger partial charge in [0.1, 0.15) is 11.3 Å². The van der Waals surface area contributed by atoms with Crippen molar-refractivity contribution >= 4 is 27.6 Å². The van der Waals surface area contributed by atoms with Crippen molar-refractivity contribution in [1.82, 2.24) is 15.2 Å². The summed E-state index contributed by atoms with van der Waals surface area (Å²) >= 11 is 1.04. The summed E-state index contributed by atoms with van der Waals surface area (Å²) in [7, 11) is 0. The van der Waals surface area contributed by atoms with E-state index in [1.54, 1.807) is 17.0 Å². The summed E-state index contributed by atoms with van der Waals surface area (Å²) in [5.41, 5.74) is 2.32. The SMILES string of the molecule is CC(C)NCCN(Cc1ccccc1)C(=O)OCCc1ccc(O)c2[nH]c(=O)sc12. The lowest BCUT2D eigenvalue weighted by Crippen LogP contribution is -2.38. The minimum atomic E-state index is -0.373. The van der Waals surface area contributed by atoms with Crippen molar-refractivity contribution in [2.24, 2.45) is 0 Å². The first kappa shape index (κ1) is 21.9. The minimum absolute atomic E-state index is 0.0378. The van der Waals surface area contributed by atoms with Crippen molar-refractivity contribution in [3.8, 4) is 5.75 Å². The number of H-pyrrole nitrogens is 1. The molecule has 160 valence electrons. The van der Waals surface area contributed by atoms with Gasteiger partial charge in [-0.1, -0.05) is 61.6 Å². The smallest absolute Gasteiger partial charge is 0.410 e. The zero-order chi connectivity index (χ0) is 21.5. The van der Waals surface area contributed by atoms with Crippen molar-refractivity contribution < 1.29 is 14.6 Å². The molecule has 0 aliphatic rings. The summed E-state index contributed by atoms with van der Waals surface area (Å²) in [5.74, 6) is 0.0378. The lowest BCUT2D eigenvalue weighted by molar-refractivity contribution is 0.101. The number of hydrogen-bond donors (Lipinski definition) is 3. The molecule has 1 amide bonds. The predicted molar refractivity (Wildman–Crippen MR) is 119 cm³/mol. The van der Waals surface area contributed by atoms with Crippen LogP contribution in [0.1, 0.15) is 25.0 Å². The summed E-state index contributed by atoms with van der Waals surface area (Å²) < 4.78 is 6.23. The molecule has 2 aromatic carbocycles. The molecule has 3 N–H and O–H groups in total. The van der Waals surface area contributed by atoms with Gasteiger partial charge in [0.15, 0.2) is 0 Å². The highest BCUT2D eigenvalue weighted by molar-refractivity contribution is 7.16. The van der Waals surface area contributed by atoms with Gasteiger partial charge in [0.2, 0.25) is 0 Å². The molecule has 30 heavy (non-hydrogen) atoms. The third-order valence-corrected chi connectivity index (χ3v) is 5.60. The molecule has 1 heterocycles. The van der Waals surface area contributed by atoms with Gasteiger partial charge in [0.05, 0.1) is 11.3 Å². The third kappa shape index (κ3) is 5.84. The van der Waals surface area contributed by atoms with Crippen LogP contribution < -0.4 is 10.2 Å². The minimum Gasteiger partial charge on any atom is -0.506 e. The molecule has 0 radical (unpaired) electrons. The number of hydrogen-bond acceptors (Lipinski definition) is 6. The number of benzene rings is 2. The number of phenols is 1. The molecule has 0 spiro atoms. The number of nitrogens with one attached hydrogen (secondary N) is 2. The molecular weight excluding hydrogens is 402 g/mol. The van der Waals surface area contributed by atoms with E-state index in [1.807, 2.05) is 30.3 Å². The number of rotatable bonds is 9. The Morgan fingerprint density at radius 1 is 1.23 bits per heavy atom. The van der Waals surface area contributed by atoms with Gasteiger partial charge in [-0.15, -0.1) is 0 Å². The second kappa shape index (κ2) is 10.3. The van der Waals surface area contributed by atoms with Crippen LogP contribution in [0.25, 0.3) is 10.2 Å². The molecule has 0 saturated heterocycles. The van der Waals surface area contributed by atoms with E-state index in [0.29, 0.717) is 42.3 Å². The number of phenolic OH excluding ortho intramolecular Hbond substituents is 1. The number of aromatic amines is 1.